The van der Waals surface area contributed by atoms with Crippen molar-refractivity contribution in [3.63, 3.8) is 0 Å². The number of nitrogens with zero attached hydrogens (tertiary/aromatic N) is 4. The number of carbonyl (C=O) groups is 1. The highest BCUT2D eigenvalue weighted by Gasteiger charge is 2.27. The zero-order valence-electron chi connectivity index (χ0n) is 17.3. The average Bonchev–Trinajstić information content (AvgIpc) is 3.43. The Morgan fingerprint density at radius 2 is 1.87 bits per heavy atom. The SMILES string of the molecule is Cc1nc2c(s1)CN(C(=O)Cn1nc(-c3ccc(C)c(F)c3)cc1-c1ccccc1)C2. The van der Waals surface area contributed by atoms with Crippen molar-refractivity contribution in [2.24, 2.45) is 0 Å². The van der Waals surface area contributed by atoms with Crippen LogP contribution in [0.25, 0.3) is 22.5 Å². The van der Waals surface area contributed by atoms with E-state index in [9.17, 15) is 9.18 Å². The van der Waals surface area contributed by atoms with Gasteiger partial charge in [-0.2, -0.15) is 5.10 Å². The molecule has 1 amide bonds. The number of fused-ring (bicyclic) bond motifs is 1. The molecule has 0 bridgehead atoms. The Kier molecular flexibility index (Phi) is 4.90. The molecule has 0 saturated heterocycles. The van der Waals surface area contributed by atoms with E-state index in [-0.39, 0.29) is 18.3 Å². The highest BCUT2D eigenvalue weighted by molar-refractivity contribution is 7.11. The smallest absolute Gasteiger partial charge is 0.245 e. The number of aryl methyl sites for hydroxylation is 2. The maximum Gasteiger partial charge on any atom is 0.245 e. The van der Waals surface area contributed by atoms with Crippen molar-refractivity contribution in [2.45, 2.75) is 33.5 Å². The van der Waals surface area contributed by atoms with E-state index in [1.165, 1.54) is 6.07 Å². The van der Waals surface area contributed by atoms with Crippen LogP contribution >= 0.6 is 11.3 Å². The molecule has 0 atom stereocenters. The standard InChI is InChI=1S/C24H21FN4OS/c1-15-8-9-18(10-19(15)25)20-11-22(17-6-4-3-5-7-17)29(27-20)14-24(30)28-12-21-23(13-28)31-16(2)26-21/h3-11H,12-14H2,1-2H3. The summed E-state index contributed by atoms with van der Waals surface area (Å²) in [6.07, 6.45) is 0. The summed E-state index contributed by atoms with van der Waals surface area (Å²) in [6.45, 7) is 4.97. The number of thiazole rings is 1. The van der Waals surface area contributed by atoms with Gasteiger partial charge in [0, 0.05) is 10.4 Å². The molecule has 156 valence electrons. The molecule has 7 heteroatoms. The van der Waals surface area contributed by atoms with Crippen LogP contribution in [0.1, 0.15) is 21.1 Å². The maximum atomic E-state index is 14.1. The minimum atomic E-state index is -0.268. The number of aromatic nitrogens is 3. The first-order valence-electron chi connectivity index (χ1n) is 10.1. The van der Waals surface area contributed by atoms with Crippen molar-refractivity contribution in [2.75, 3.05) is 0 Å². The Morgan fingerprint density at radius 3 is 2.61 bits per heavy atom. The summed E-state index contributed by atoms with van der Waals surface area (Å²) in [7, 11) is 0. The third kappa shape index (κ3) is 3.77. The van der Waals surface area contributed by atoms with E-state index in [2.05, 4.69) is 10.1 Å². The number of hydrogen-bond donors (Lipinski definition) is 0. The molecule has 0 spiro atoms. The number of rotatable bonds is 4. The van der Waals surface area contributed by atoms with E-state index in [0.717, 1.165) is 26.8 Å². The largest absolute Gasteiger partial charge is 0.330 e. The summed E-state index contributed by atoms with van der Waals surface area (Å²) < 4.78 is 15.9. The molecule has 2 aromatic heterocycles. The van der Waals surface area contributed by atoms with Crippen LogP contribution in [0.3, 0.4) is 0 Å². The molecule has 3 heterocycles. The van der Waals surface area contributed by atoms with Gasteiger partial charge in [-0.05, 0) is 37.1 Å². The second kappa shape index (κ2) is 7.74. The molecular weight excluding hydrogens is 411 g/mol. The summed E-state index contributed by atoms with van der Waals surface area (Å²) in [5, 5.41) is 5.71. The lowest BCUT2D eigenvalue weighted by molar-refractivity contribution is -0.132. The number of carbonyl (C=O) groups excluding carboxylic acids is 1. The molecular formula is C24H21FN4OS. The molecule has 0 unspecified atom stereocenters. The Bertz CT molecular complexity index is 1250. The summed E-state index contributed by atoms with van der Waals surface area (Å²) in [4.78, 5) is 20.6. The second-order valence-corrected chi connectivity index (χ2v) is 9.04. The maximum absolute atomic E-state index is 14.1. The van der Waals surface area contributed by atoms with Gasteiger partial charge in [-0.15, -0.1) is 11.3 Å². The van der Waals surface area contributed by atoms with Crippen LogP contribution < -0.4 is 0 Å². The summed E-state index contributed by atoms with van der Waals surface area (Å²) in [6, 6.07) is 16.8. The Morgan fingerprint density at radius 1 is 1.06 bits per heavy atom. The van der Waals surface area contributed by atoms with Gasteiger partial charge in [0.1, 0.15) is 12.4 Å². The molecule has 0 fully saturated rings. The van der Waals surface area contributed by atoms with Crippen molar-refractivity contribution in [1.29, 1.82) is 0 Å². The molecule has 0 radical (unpaired) electrons. The monoisotopic (exact) mass is 432 g/mol. The first-order chi connectivity index (χ1) is 15.0. The topological polar surface area (TPSA) is 51.0 Å². The van der Waals surface area contributed by atoms with Gasteiger partial charge < -0.3 is 4.90 Å². The third-order valence-corrected chi connectivity index (χ3v) is 6.51. The van der Waals surface area contributed by atoms with Crippen molar-refractivity contribution in [1.82, 2.24) is 19.7 Å². The molecule has 5 rings (SSSR count). The van der Waals surface area contributed by atoms with Crippen LogP contribution in [0.5, 0.6) is 0 Å². The fourth-order valence-corrected chi connectivity index (χ4v) is 4.81. The van der Waals surface area contributed by atoms with E-state index in [0.29, 0.717) is 29.9 Å². The molecule has 5 nitrogen and oxygen atoms in total. The van der Waals surface area contributed by atoms with Gasteiger partial charge in [0.15, 0.2) is 0 Å². The number of halogens is 1. The molecule has 4 aromatic rings. The lowest BCUT2D eigenvalue weighted by Crippen LogP contribution is -2.30. The molecule has 0 saturated carbocycles. The molecule has 2 aromatic carbocycles. The predicted octanol–water partition coefficient (Wildman–Crippen LogP) is 4.97. The quantitative estimate of drug-likeness (QED) is 0.457. The van der Waals surface area contributed by atoms with Crippen molar-refractivity contribution < 1.29 is 9.18 Å². The van der Waals surface area contributed by atoms with E-state index in [1.807, 2.05) is 54.3 Å². The fraction of sp³-hybridized carbons (Fsp3) is 0.208. The summed E-state index contributed by atoms with van der Waals surface area (Å²) >= 11 is 1.65. The zero-order valence-corrected chi connectivity index (χ0v) is 18.1. The average molecular weight is 433 g/mol. The molecule has 0 N–H and O–H groups in total. The van der Waals surface area contributed by atoms with Gasteiger partial charge in [0.05, 0.1) is 35.2 Å². The highest BCUT2D eigenvalue weighted by atomic mass is 32.1. The minimum Gasteiger partial charge on any atom is -0.330 e. The van der Waals surface area contributed by atoms with Crippen molar-refractivity contribution in [3.05, 3.63) is 81.6 Å². The molecule has 0 aliphatic carbocycles. The highest BCUT2D eigenvalue weighted by Crippen LogP contribution is 2.30. The Balaban J connectivity index is 1.46. The van der Waals surface area contributed by atoms with Crippen molar-refractivity contribution >= 4 is 17.2 Å². The van der Waals surface area contributed by atoms with Gasteiger partial charge >= 0.3 is 0 Å². The van der Waals surface area contributed by atoms with Crippen LogP contribution in [0.4, 0.5) is 4.39 Å². The summed E-state index contributed by atoms with van der Waals surface area (Å²) in [5.74, 6) is -0.278. The lowest BCUT2D eigenvalue weighted by atomic mass is 10.1. The van der Waals surface area contributed by atoms with Gasteiger partial charge in [0.25, 0.3) is 0 Å². The van der Waals surface area contributed by atoms with Crippen LogP contribution in [0.2, 0.25) is 0 Å². The van der Waals surface area contributed by atoms with Crippen molar-refractivity contribution in [3.8, 4) is 22.5 Å². The van der Waals surface area contributed by atoms with E-state index in [4.69, 9.17) is 0 Å². The lowest BCUT2D eigenvalue weighted by Gasteiger charge is -2.16. The predicted molar refractivity (Wildman–Crippen MR) is 119 cm³/mol. The first-order valence-corrected chi connectivity index (χ1v) is 10.9. The van der Waals surface area contributed by atoms with E-state index in [1.54, 1.807) is 29.0 Å². The van der Waals surface area contributed by atoms with E-state index < -0.39 is 0 Å². The Labute approximate surface area is 183 Å². The normalized spacial score (nSPS) is 12.9. The van der Waals surface area contributed by atoms with Crippen LogP contribution in [0.15, 0.2) is 54.6 Å². The zero-order chi connectivity index (χ0) is 21.5. The molecule has 1 aliphatic heterocycles. The second-order valence-electron chi connectivity index (χ2n) is 7.76. The van der Waals surface area contributed by atoms with Gasteiger partial charge in [-0.3, -0.25) is 9.48 Å². The third-order valence-electron chi connectivity index (χ3n) is 5.52. The Hall–Kier alpha value is -3.32. The van der Waals surface area contributed by atoms with Gasteiger partial charge in [-0.25, -0.2) is 9.37 Å². The minimum absolute atomic E-state index is 0.00947. The van der Waals surface area contributed by atoms with Gasteiger partial charge in [-0.1, -0.05) is 42.5 Å². The molecule has 1 aliphatic rings. The molecule has 31 heavy (non-hydrogen) atoms. The number of hydrogen-bond acceptors (Lipinski definition) is 4. The van der Waals surface area contributed by atoms with Gasteiger partial charge in [0.2, 0.25) is 5.91 Å². The van der Waals surface area contributed by atoms with Crippen LogP contribution in [-0.4, -0.2) is 25.6 Å². The van der Waals surface area contributed by atoms with E-state index >= 15 is 0 Å². The van der Waals surface area contributed by atoms with Crippen LogP contribution in [0, 0.1) is 19.7 Å². The van der Waals surface area contributed by atoms with Crippen LogP contribution in [-0.2, 0) is 24.4 Å². The summed E-state index contributed by atoms with van der Waals surface area (Å²) in [5.41, 5.74) is 4.70. The number of benzene rings is 2. The number of amides is 1. The first kappa shape index (κ1) is 19.6. The fourth-order valence-electron chi connectivity index (χ4n) is 3.85.